The highest BCUT2D eigenvalue weighted by molar-refractivity contribution is 9.10. The van der Waals surface area contributed by atoms with Crippen LogP contribution in [0.2, 0.25) is 0 Å². The molecule has 2 aromatic rings. The molecule has 0 saturated heterocycles. The van der Waals surface area contributed by atoms with E-state index in [1.807, 2.05) is 43.3 Å². The first kappa shape index (κ1) is 19.8. The van der Waals surface area contributed by atoms with Crippen LogP contribution in [0.4, 0.5) is 0 Å². The number of rotatable bonds is 7. The third-order valence-electron chi connectivity index (χ3n) is 3.87. The normalized spacial score (nSPS) is 11.9. The number of hydrogen-bond donors (Lipinski definition) is 1. The van der Waals surface area contributed by atoms with Gasteiger partial charge >= 0.3 is 0 Å². The number of benzene rings is 2. The van der Waals surface area contributed by atoms with Crippen molar-refractivity contribution in [2.24, 2.45) is 0 Å². The van der Waals surface area contributed by atoms with E-state index >= 15 is 0 Å². The Kier molecular flexibility index (Phi) is 7.09. The minimum atomic E-state index is -0.249. The van der Waals surface area contributed by atoms with Crippen molar-refractivity contribution in [3.63, 3.8) is 0 Å². The standard InChI is InChI=1S/C20H22BrNO4/c1-13(17-12-16(24-2)7-9-19(17)26-4)22-20(23)10-5-14-11-15(21)6-8-18(14)25-3/h5-13H,1-4H3,(H,22,23)/b10-5+/t13-/m1/s1. The number of carbonyl (C=O) groups is 1. The van der Waals surface area contributed by atoms with Gasteiger partial charge in [0, 0.05) is 21.7 Å². The third-order valence-corrected chi connectivity index (χ3v) is 4.36. The summed E-state index contributed by atoms with van der Waals surface area (Å²) in [6.07, 6.45) is 3.20. The Morgan fingerprint density at radius 3 is 2.38 bits per heavy atom. The van der Waals surface area contributed by atoms with Crippen LogP contribution in [0, 0.1) is 0 Å². The molecule has 1 amide bonds. The Labute approximate surface area is 162 Å². The zero-order valence-electron chi connectivity index (χ0n) is 15.2. The second-order valence-electron chi connectivity index (χ2n) is 5.56. The summed E-state index contributed by atoms with van der Waals surface area (Å²) in [6.45, 7) is 1.89. The maximum Gasteiger partial charge on any atom is 0.244 e. The van der Waals surface area contributed by atoms with Crippen LogP contribution in [-0.2, 0) is 4.79 Å². The molecule has 2 rings (SSSR count). The van der Waals surface area contributed by atoms with E-state index in [0.29, 0.717) is 17.2 Å². The van der Waals surface area contributed by atoms with Crippen molar-refractivity contribution >= 4 is 27.9 Å². The van der Waals surface area contributed by atoms with Crippen molar-refractivity contribution in [1.82, 2.24) is 5.32 Å². The van der Waals surface area contributed by atoms with Crippen LogP contribution in [0.3, 0.4) is 0 Å². The summed E-state index contributed by atoms with van der Waals surface area (Å²) in [6, 6.07) is 10.8. The first-order valence-corrected chi connectivity index (χ1v) is 8.81. The Balaban J connectivity index is 2.14. The van der Waals surface area contributed by atoms with Crippen molar-refractivity contribution in [2.45, 2.75) is 13.0 Å². The average Bonchev–Trinajstić information content (AvgIpc) is 2.65. The van der Waals surface area contributed by atoms with Crippen LogP contribution in [-0.4, -0.2) is 27.2 Å². The molecule has 0 unspecified atom stereocenters. The topological polar surface area (TPSA) is 56.8 Å². The van der Waals surface area contributed by atoms with Crippen molar-refractivity contribution in [1.29, 1.82) is 0 Å². The molecular formula is C20H22BrNO4. The lowest BCUT2D eigenvalue weighted by Gasteiger charge is -2.17. The summed E-state index contributed by atoms with van der Waals surface area (Å²) in [4.78, 5) is 12.3. The summed E-state index contributed by atoms with van der Waals surface area (Å²) < 4.78 is 16.8. The SMILES string of the molecule is COc1ccc(OC)c([C@@H](C)NC(=O)/C=C/c2cc(Br)ccc2OC)c1. The largest absolute Gasteiger partial charge is 0.497 e. The van der Waals surface area contributed by atoms with Gasteiger partial charge in [-0.05, 0) is 49.4 Å². The smallest absolute Gasteiger partial charge is 0.244 e. The summed E-state index contributed by atoms with van der Waals surface area (Å²) >= 11 is 3.42. The van der Waals surface area contributed by atoms with Gasteiger partial charge in [0.05, 0.1) is 27.4 Å². The number of hydrogen-bond acceptors (Lipinski definition) is 4. The van der Waals surface area contributed by atoms with Crippen LogP contribution >= 0.6 is 15.9 Å². The fraction of sp³-hybridized carbons (Fsp3) is 0.250. The highest BCUT2D eigenvalue weighted by Crippen LogP contribution is 2.29. The summed E-state index contributed by atoms with van der Waals surface area (Å²) in [5.41, 5.74) is 1.65. The minimum absolute atomic E-state index is 0.218. The van der Waals surface area contributed by atoms with E-state index in [2.05, 4.69) is 21.2 Å². The van der Waals surface area contributed by atoms with Crippen LogP contribution in [0.15, 0.2) is 46.9 Å². The van der Waals surface area contributed by atoms with E-state index in [4.69, 9.17) is 14.2 Å². The van der Waals surface area contributed by atoms with Crippen LogP contribution < -0.4 is 19.5 Å². The second-order valence-corrected chi connectivity index (χ2v) is 6.47. The van der Waals surface area contributed by atoms with E-state index in [0.717, 1.165) is 15.6 Å². The molecule has 0 heterocycles. The zero-order chi connectivity index (χ0) is 19.1. The van der Waals surface area contributed by atoms with E-state index in [1.165, 1.54) is 6.08 Å². The lowest BCUT2D eigenvalue weighted by atomic mass is 10.1. The molecule has 2 aromatic carbocycles. The van der Waals surface area contributed by atoms with Gasteiger partial charge in [0.15, 0.2) is 0 Å². The molecule has 138 valence electrons. The highest BCUT2D eigenvalue weighted by atomic mass is 79.9. The van der Waals surface area contributed by atoms with Gasteiger partial charge in [0.25, 0.3) is 0 Å². The summed E-state index contributed by atoms with van der Waals surface area (Å²) in [7, 11) is 4.79. The maximum atomic E-state index is 12.3. The van der Waals surface area contributed by atoms with E-state index in [9.17, 15) is 4.79 Å². The van der Waals surface area contributed by atoms with Crippen LogP contribution in [0.5, 0.6) is 17.2 Å². The monoisotopic (exact) mass is 419 g/mol. The quantitative estimate of drug-likeness (QED) is 0.677. The zero-order valence-corrected chi connectivity index (χ0v) is 16.8. The van der Waals surface area contributed by atoms with Gasteiger partial charge in [-0.2, -0.15) is 0 Å². The molecule has 0 aliphatic carbocycles. The van der Waals surface area contributed by atoms with Gasteiger partial charge in [0.1, 0.15) is 17.2 Å². The second kappa shape index (κ2) is 9.29. The molecule has 0 aliphatic heterocycles. The summed E-state index contributed by atoms with van der Waals surface area (Å²) in [5.74, 6) is 1.87. The molecule has 26 heavy (non-hydrogen) atoms. The molecule has 0 aliphatic rings. The fourth-order valence-corrected chi connectivity index (χ4v) is 2.90. The third kappa shape index (κ3) is 5.02. The number of ether oxygens (including phenoxy) is 3. The Hall–Kier alpha value is -2.47. The Bertz CT molecular complexity index is 804. The number of carbonyl (C=O) groups excluding carboxylic acids is 1. The summed E-state index contributed by atoms with van der Waals surface area (Å²) in [5, 5.41) is 2.93. The Morgan fingerprint density at radius 2 is 1.73 bits per heavy atom. The molecule has 0 radical (unpaired) electrons. The van der Waals surface area contributed by atoms with Gasteiger partial charge in [-0.3, -0.25) is 4.79 Å². The first-order chi connectivity index (χ1) is 12.5. The lowest BCUT2D eigenvalue weighted by Crippen LogP contribution is -2.25. The number of nitrogens with one attached hydrogen (secondary N) is 1. The molecule has 0 bridgehead atoms. The van der Waals surface area contributed by atoms with Crippen molar-refractivity contribution in [3.05, 3.63) is 58.1 Å². The van der Waals surface area contributed by atoms with Gasteiger partial charge in [-0.15, -0.1) is 0 Å². The number of halogens is 1. The molecular weight excluding hydrogens is 398 g/mol. The van der Waals surface area contributed by atoms with Gasteiger partial charge in [-0.1, -0.05) is 15.9 Å². The molecule has 0 fully saturated rings. The molecule has 0 saturated carbocycles. The van der Waals surface area contributed by atoms with E-state index < -0.39 is 0 Å². The molecule has 0 spiro atoms. The molecule has 0 aromatic heterocycles. The van der Waals surface area contributed by atoms with Crippen molar-refractivity contribution < 1.29 is 19.0 Å². The minimum Gasteiger partial charge on any atom is -0.497 e. The predicted octanol–water partition coefficient (Wildman–Crippen LogP) is 4.37. The first-order valence-electron chi connectivity index (χ1n) is 8.02. The van der Waals surface area contributed by atoms with Gasteiger partial charge in [0.2, 0.25) is 5.91 Å². The maximum absolute atomic E-state index is 12.3. The molecule has 1 atom stereocenters. The lowest BCUT2D eigenvalue weighted by molar-refractivity contribution is -0.117. The van der Waals surface area contributed by atoms with Crippen molar-refractivity contribution in [3.8, 4) is 17.2 Å². The van der Waals surface area contributed by atoms with Crippen LogP contribution in [0.1, 0.15) is 24.1 Å². The van der Waals surface area contributed by atoms with E-state index in [-0.39, 0.29) is 11.9 Å². The van der Waals surface area contributed by atoms with Gasteiger partial charge < -0.3 is 19.5 Å². The average molecular weight is 420 g/mol. The number of methoxy groups -OCH3 is 3. The number of amides is 1. The molecule has 1 N–H and O–H groups in total. The van der Waals surface area contributed by atoms with Crippen LogP contribution in [0.25, 0.3) is 6.08 Å². The fourth-order valence-electron chi connectivity index (χ4n) is 2.52. The molecule has 5 nitrogen and oxygen atoms in total. The van der Waals surface area contributed by atoms with Crippen molar-refractivity contribution in [2.75, 3.05) is 21.3 Å². The highest BCUT2D eigenvalue weighted by Gasteiger charge is 2.14. The molecule has 6 heteroatoms. The Morgan fingerprint density at radius 1 is 1.04 bits per heavy atom. The predicted molar refractivity (Wildman–Crippen MR) is 106 cm³/mol. The van der Waals surface area contributed by atoms with E-state index in [1.54, 1.807) is 27.4 Å². The van der Waals surface area contributed by atoms with Gasteiger partial charge in [-0.25, -0.2) is 0 Å².